The van der Waals surface area contributed by atoms with Crippen molar-refractivity contribution >= 4 is 0 Å². The number of ether oxygens (including phenoxy) is 1. The van der Waals surface area contributed by atoms with Crippen molar-refractivity contribution in [1.29, 1.82) is 0 Å². The van der Waals surface area contributed by atoms with Gasteiger partial charge in [0.2, 0.25) is 0 Å². The average molecular weight is 206 g/mol. The fraction of sp³-hybridized carbons (Fsp3) is 0.571. The Morgan fingerprint density at radius 2 is 1.47 bits per heavy atom. The van der Waals surface area contributed by atoms with E-state index in [0.717, 1.165) is 12.4 Å². The maximum atomic E-state index is 5.79. The fourth-order valence-electron chi connectivity index (χ4n) is 1.79. The Bertz CT molecular complexity index is 287. The van der Waals surface area contributed by atoms with Gasteiger partial charge >= 0.3 is 0 Å². The molecule has 0 N–H and O–H groups in total. The number of benzene rings is 1. The Kier molecular flexibility index (Phi) is 4.19. The molecule has 0 aliphatic carbocycles. The van der Waals surface area contributed by atoms with Crippen molar-refractivity contribution in [2.45, 2.75) is 46.5 Å². The average Bonchev–Trinajstić information content (AvgIpc) is 2.17. The molecule has 0 radical (unpaired) electrons. The molecule has 1 aromatic rings. The minimum Gasteiger partial charge on any atom is -0.493 e. The van der Waals surface area contributed by atoms with E-state index < -0.39 is 0 Å². The van der Waals surface area contributed by atoms with Gasteiger partial charge in [0.25, 0.3) is 0 Å². The van der Waals surface area contributed by atoms with Crippen LogP contribution in [0.25, 0.3) is 0 Å². The number of hydrogen-bond donors (Lipinski definition) is 0. The zero-order chi connectivity index (χ0) is 11.4. The van der Waals surface area contributed by atoms with Crippen molar-refractivity contribution in [3.63, 3.8) is 0 Å². The third kappa shape index (κ3) is 2.74. The van der Waals surface area contributed by atoms with Crippen LogP contribution in [0.4, 0.5) is 0 Å². The zero-order valence-electron chi connectivity index (χ0n) is 10.5. The van der Waals surface area contributed by atoms with Gasteiger partial charge in [0, 0.05) is 0 Å². The molecule has 1 heteroatoms. The van der Waals surface area contributed by atoms with Crippen molar-refractivity contribution in [3.05, 3.63) is 29.3 Å². The van der Waals surface area contributed by atoms with Crippen LogP contribution in [0.1, 0.15) is 57.6 Å². The summed E-state index contributed by atoms with van der Waals surface area (Å²) in [5, 5.41) is 0. The lowest BCUT2D eigenvalue weighted by Crippen LogP contribution is -2.03. The van der Waals surface area contributed by atoms with Gasteiger partial charge < -0.3 is 4.74 Å². The van der Waals surface area contributed by atoms with Crippen LogP contribution < -0.4 is 4.74 Å². The van der Waals surface area contributed by atoms with E-state index >= 15 is 0 Å². The van der Waals surface area contributed by atoms with Gasteiger partial charge in [-0.25, -0.2) is 0 Å². The number of rotatable bonds is 4. The summed E-state index contributed by atoms with van der Waals surface area (Å²) in [7, 11) is 0. The molecule has 0 saturated heterocycles. The molecule has 1 rings (SSSR count). The van der Waals surface area contributed by atoms with Crippen LogP contribution in [0.2, 0.25) is 0 Å². The second kappa shape index (κ2) is 5.20. The highest BCUT2D eigenvalue weighted by Gasteiger charge is 2.13. The van der Waals surface area contributed by atoms with Crippen LogP contribution >= 0.6 is 0 Å². The molecule has 0 aliphatic rings. The molecule has 1 aromatic carbocycles. The highest BCUT2D eigenvalue weighted by Crippen LogP contribution is 2.34. The predicted molar refractivity (Wildman–Crippen MR) is 65.8 cm³/mol. The van der Waals surface area contributed by atoms with Gasteiger partial charge in [-0.05, 0) is 29.9 Å². The molecule has 0 bridgehead atoms. The van der Waals surface area contributed by atoms with Crippen LogP contribution in [0.5, 0.6) is 5.75 Å². The monoisotopic (exact) mass is 206 g/mol. The first-order chi connectivity index (χ1) is 7.07. The van der Waals surface area contributed by atoms with E-state index in [4.69, 9.17) is 4.74 Å². The third-order valence-corrected chi connectivity index (χ3v) is 2.61. The summed E-state index contributed by atoms with van der Waals surface area (Å²) < 4.78 is 5.79. The van der Waals surface area contributed by atoms with Crippen molar-refractivity contribution in [2.24, 2.45) is 0 Å². The lowest BCUT2D eigenvalue weighted by Gasteiger charge is -2.19. The SMILES string of the molecule is CCOc1c(C(C)C)cccc1C(C)C. The molecular weight excluding hydrogens is 184 g/mol. The molecule has 0 amide bonds. The van der Waals surface area contributed by atoms with E-state index in [1.54, 1.807) is 0 Å². The molecule has 84 valence electrons. The molecule has 0 fully saturated rings. The van der Waals surface area contributed by atoms with Crippen LogP contribution in [-0.4, -0.2) is 6.61 Å². The molecule has 1 nitrogen and oxygen atoms in total. The van der Waals surface area contributed by atoms with Crippen molar-refractivity contribution in [1.82, 2.24) is 0 Å². The Labute approximate surface area is 93.5 Å². The molecule has 0 aliphatic heterocycles. The van der Waals surface area contributed by atoms with Gasteiger partial charge in [-0.15, -0.1) is 0 Å². The van der Waals surface area contributed by atoms with E-state index in [0.29, 0.717) is 11.8 Å². The largest absolute Gasteiger partial charge is 0.493 e. The van der Waals surface area contributed by atoms with E-state index in [1.165, 1.54) is 11.1 Å². The summed E-state index contributed by atoms with van der Waals surface area (Å²) >= 11 is 0. The van der Waals surface area contributed by atoms with Gasteiger partial charge in [-0.2, -0.15) is 0 Å². The van der Waals surface area contributed by atoms with Gasteiger partial charge in [-0.3, -0.25) is 0 Å². The number of hydrogen-bond acceptors (Lipinski definition) is 1. The topological polar surface area (TPSA) is 9.23 Å². The highest BCUT2D eigenvalue weighted by atomic mass is 16.5. The molecule has 0 spiro atoms. The Morgan fingerprint density at radius 1 is 1.00 bits per heavy atom. The third-order valence-electron chi connectivity index (χ3n) is 2.61. The Morgan fingerprint density at radius 3 is 1.80 bits per heavy atom. The summed E-state index contributed by atoms with van der Waals surface area (Å²) in [6, 6.07) is 6.47. The summed E-state index contributed by atoms with van der Waals surface area (Å²) in [6.07, 6.45) is 0. The summed E-state index contributed by atoms with van der Waals surface area (Å²) in [4.78, 5) is 0. The van der Waals surface area contributed by atoms with Crippen LogP contribution in [-0.2, 0) is 0 Å². The van der Waals surface area contributed by atoms with Gasteiger partial charge in [0.1, 0.15) is 5.75 Å². The lowest BCUT2D eigenvalue weighted by atomic mass is 9.94. The van der Waals surface area contributed by atoms with Crippen molar-refractivity contribution in [2.75, 3.05) is 6.61 Å². The van der Waals surface area contributed by atoms with E-state index in [2.05, 4.69) is 45.9 Å². The highest BCUT2D eigenvalue weighted by molar-refractivity contribution is 5.44. The molecule has 0 atom stereocenters. The van der Waals surface area contributed by atoms with Gasteiger partial charge in [-0.1, -0.05) is 45.9 Å². The fourth-order valence-corrected chi connectivity index (χ4v) is 1.79. The smallest absolute Gasteiger partial charge is 0.126 e. The molecule has 0 unspecified atom stereocenters. The van der Waals surface area contributed by atoms with E-state index in [1.807, 2.05) is 6.92 Å². The summed E-state index contributed by atoms with van der Waals surface area (Å²) in [5.74, 6) is 2.14. The van der Waals surface area contributed by atoms with Gasteiger partial charge in [0.15, 0.2) is 0 Å². The summed E-state index contributed by atoms with van der Waals surface area (Å²) in [5.41, 5.74) is 2.64. The Hall–Kier alpha value is -0.980. The molecule has 15 heavy (non-hydrogen) atoms. The lowest BCUT2D eigenvalue weighted by molar-refractivity contribution is 0.330. The first-order valence-electron chi connectivity index (χ1n) is 5.83. The maximum absolute atomic E-state index is 5.79. The molecule has 0 saturated carbocycles. The first kappa shape index (κ1) is 12.1. The minimum absolute atomic E-state index is 0.519. The van der Waals surface area contributed by atoms with E-state index in [-0.39, 0.29) is 0 Å². The first-order valence-corrected chi connectivity index (χ1v) is 5.83. The van der Waals surface area contributed by atoms with Crippen LogP contribution in [0, 0.1) is 0 Å². The molecule has 0 heterocycles. The predicted octanol–water partition coefficient (Wildman–Crippen LogP) is 4.33. The zero-order valence-corrected chi connectivity index (χ0v) is 10.5. The molecular formula is C14H22O. The number of para-hydroxylation sites is 1. The quantitative estimate of drug-likeness (QED) is 0.712. The van der Waals surface area contributed by atoms with Crippen LogP contribution in [0.3, 0.4) is 0 Å². The van der Waals surface area contributed by atoms with Crippen LogP contribution in [0.15, 0.2) is 18.2 Å². The second-order valence-corrected chi connectivity index (χ2v) is 4.51. The minimum atomic E-state index is 0.519. The van der Waals surface area contributed by atoms with Crippen molar-refractivity contribution in [3.8, 4) is 5.75 Å². The van der Waals surface area contributed by atoms with E-state index in [9.17, 15) is 0 Å². The van der Waals surface area contributed by atoms with Gasteiger partial charge in [0.05, 0.1) is 6.61 Å². The standard InChI is InChI=1S/C14H22O/c1-6-15-14-12(10(2)3)8-7-9-13(14)11(4)5/h7-11H,6H2,1-5H3. The van der Waals surface area contributed by atoms with Crippen molar-refractivity contribution < 1.29 is 4.74 Å². The second-order valence-electron chi connectivity index (χ2n) is 4.51. The maximum Gasteiger partial charge on any atom is 0.126 e. The normalized spacial score (nSPS) is 11.1. The summed E-state index contributed by atoms with van der Waals surface area (Å²) in [6.45, 7) is 11.6. The Balaban J connectivity index is 3.21. The molecule has 0 aromatic heterocycles.